The number of allylic oxidation sites excluding steroid dienone is 1. The van der Waals surface area contributed by atoms with Gasteiger partial charge in [-0.3, -0.25) is 9.59 Å². The molecular weight excluding hydrogens is 444 g/mol. The summed E-state index contributed by atoms with van der Waals surface area (Å²) in [5, 5.41) is 2.58. The van der Waals surface area contributed by atoms with E-state index in [-0.39, 0.29) is 54.6 Å². The first kappa shape index (κ1) is 27.3. The molecule has 8 nitrogen and oxygen atoms in total. The topological polar surface area (TPSA) is 82.2 Å². The molecule has 1 N–H and O–H groups in total. The summed E-state index contributed by atoms with van der Waals surface area (Å²) >= 11 is 0. The summed E-state index contributed by atoms with van der Waals surface area (Å²) in [6.45, 7) is 13.1. The van der Waals surface area contributed by atoms with E-state index in [2.05, 4.69) is 30.6 Å². The minimum atomic E-state index is -0.197. The first-order valence-corrected chi connectivity index (χ1v) is 13.4. The zero-order valence-electron chi connectivity index (χ0n) is 22.6. The molecule has 4 atom stereocenters. The van der Waals surface area contributed by atoms with Crippen molar-refractivity contribution in [3.63, 3.8) is 0 Å². The van der Waals surface area contributed by atoms with Crippen LogP contribution in [-0.2, 0) is 14.3 Å². The molecule has 0 aromatic heterocycles. The third-order valence-electron chi connectivity index (χ3n) is 8.35. The number of hydrogen-bond donors (Lipinski definition) is 1. The predicted molar refractivity (Wildman–Crippen MR) is 137 cm³/mol. The number of ether oxygens (including phenoxy) is 1. The molecule has 0 radical (unpaired) electrons. The molecular formula is C27H46N4O4. The lowest BCUT2D eigenvalue weighted by Gasteiger charge is -2.55. The number of likely N-dealkylation sites (N-methyl/N-ethyl adjacent to an activating group) is 2. The van der Waals surface area contributed by atoms with E-state index in [1.54, 1.807) is 19.0 Å². The Labute approximate surface area is 211 Å². The first-order chi connectivity index (χ1) is 16.5. The summed E-state index contributed by atoms with van der Waals surface area (Å²) in [5.74, 6) is 1.06. The fraction of sp³-hybridized carbons (Fsp3) is 0.815. The number of carbonyl (C=O) groups is 3. The van der Waals surface area contributed by atoms with Crippen molar-refractivity contribution in [2.45, 2.75) is 96.9 Å². The fourth-order valence-corrected chi connectivity index (χ4v) is 6.74. The molecule has 2 saturated carbocycles. The van der Waals surface area contributed by atoms with Crippen molar-refractivity contribution in [2.24, 2.45) is 17.8 Å². The highest BCUT2D eigenvalue weighted by Crippen LogP contribution is 2.44. The molecule has 198 valence electrons. The molecule has 3 amide bonds. The number of nitrogens with one attached hydrogen (secondary N) is 1. The van der Waals surface area contributed by atoms with E-state index in [0.717, 1.165) is 50.6 Å². The van der Waals surface area contributed by atoms with Crippen molar-refractivity contribution in [3.8, 4) is 0 Å². The maximum atomic E-state index is 13.0. The molecule has 2 aliphatic carbocycles. The van der Waals surface area contributed by atoms with Gasteiger partial charge in [0, 0.05) is 44.3 Å². The zero-order chi connectivity index (χ0) is 25.9. The highest BCUT2D eigenvalue weighted by molar-refractivity contribution is 5.85. The number of carbonyl (C=O) groups excluding carboxylic acids is 3. The van der Waals surface area contributed by atoms with E-state index in [0.29, 0.717) is 18.4 Å². The number of amides is 3. The Kier molecular flexibility index (Phi) is 9.11. The predicted octanol–water partition coefficient (Wildman–Crippen LogP) is 3.62. The SMILES string of the molecule is C=C(C)N1C(C)CN(C(=O)OC(C)C)C2CC(C3CCC(C(=O)N(C)CC(=O)NC)CC3)CCC21. The van der Waals surface area contributed by atoms with Crippen LogP contribution in [0.25, 0.3) is 0 Å². The Bertz CT molecular complexity index is 792. The average molecular weight is 491 g/mol. The zero-order valence-corrected chi connectivity index (χ0v) is 22.6. The second-order valence-electron chi connectivity index (χ2n) is 11.3. The fourth-order valence-electron chi connectivity index (χ4n) is 6.74. The van der Waals surface area contributed by atoms with Gasteiger partial charge in [0.05, 0.1) is 18.7 Å². The monoisotopic (exact) mass is 490 g/mol. The molecule has 0 aromatic carbocycles. The van der Waals surface area contributed by atoms with Gasteiger partial charge in [-0.25, -0.2) is 4.79 Å². The molecule has 35 heavy (non-hydrogen) atoms. The summed E-state index contributed by atoms with van der Waals surface area (Å²) in [6, 6.07) is 0.632. The molecule has 4 unspecified atom stereocenters. The molecule has 1 heterocycles. The van der Waals surface area contributed by atoms with Crippen LogP contribution in [0.1, 0.15) is 72.6 Å². The maximum absolute atomic E-state index is 13.0. The summed E-state index contributed by atoms with van der Waals surface area (Å²) in [5.41, 5.74) is 1.07. The second-order valence-corrected chi connectivity index (χ2v) is 11.3. The van der Waals surface area contributed by atoms with Crippen LogP contribution in [0.2, 0.25) is 0 Å². The van der Waals surface area contributed by atoms with Gasteiger partial charge < -0.3 is 24.8 Å². The van der Waals surface area contributed by atoms with Gasteiger partial charge in [0.15, 0.2) is 0 Å². The Morgan fingerprint density at radius 1 is 1.06 bits per heavy atom. The maximum Gasteiger partial charge on any atom is 0.410 e. The molecule has 1 aliphatic heterocycles. The smallest absolute Gasteiger partial charge is 0.410 e. The van der Waals surface area contributed by atoms with Crippen molar-refractivity contribution in [1.82, 2.24) is 20.0 Å². The van der Waals surface area contributed by atoms with Crippen LogP contribution in [0.4, 0.5) is 4.79 Å². The third-order valence-corrected chi connectivity index (χ3v) is 8.35. The molecule has 0 bridgehead atoms. The Balaban J connectivity index is 1.65. The first-order valence-electron chi connectivity index (χ1n) is 13.4. The van der Waals surface area contributed by atoms with Crippen LogP contribution in [0.5, 0.6) is 0 Å². The minimum Gasteiger partial charge on any atom is -0.447 e. The van der Waals surface area contributed by atoms with Gasteiger partial charge in [-0.05, 0) is 84.5 Å². The Morgan fingerprint density at radius 2 is 1.69 bits per heavy atom. The van der Waals surface area contributed by atoms with Crippen molar-refractivity contribution >= 4 is 17.9 Å². The number of hydrogen-bond acceptors (Lipinski definition) is 5. The van der Waals surface area contributed by atoms with Gasteiger partial charge in [0.1, 0.15) is 0 Å². The number of piperazine rings is 1. The van der Waals surface area contributed by atoms with Crippen LogP contribution in [0, 0.1) is 17.8 Å². The van der Waals surface area contributed by atoms with Crippen LogP contribution < -0.4 is 5.32 Å². The Morgan fingerprint density at radius 3 is 2.26 bits per heavy atom. The van der Waals surface area contributed by atoms with Crippen LogP contribution >= 0.6 is 0 Å². The molecule has 8 heteroatoms. The molecule has 3 fully saturated rings. The number of rotatable bonds is 6. The van der Waals surface area contributed by atoms with Crippen LogP contribution in [0.15, 0.2) is 12.3 Å². The van der Waals surface area contributed by atoms with Crippen molar-refractivity contribution in [1.29, 1.82) is 0 Å². The lowest BCUT2D eigenvalue weighted by molar-refractivity contribution is -0.139. The van der Waals surface area contributed by atoms with E-state index in [9.17, 15) is 14.4 Å². The second kappa shape index (κ2) is 11.7. The number of nitrogens with zero attached hydrogens (tertiary/aromatic N) is 3. The van der Waals surface area contributed by atoms with Crippen LogP contribution in [-0.4, -0.2) is 84.0 Å². The van der Waals surface area contributed by atoms with E-state index in [1.807, 2.05) is 18.7 Å². The average Bonchev–Trinajstić information content (AvgIpc) is 2.81. The van der Waals surface area contributed by atoms with Gasteiger partial charge in [-0.15, -0.1) is 0 Å². The molecule has 1 saturated heterocycles. The summed E-state index contributed by atoms with van der Waals surface area (Å²) < 4.78 is 5.64. The van der Waals surface area contributed by atoms with E-state index >= 15 is 0 Å². The van der Waals surface area contributed by atoms with Crippen LogP contribution in [0.3, 0.4) is 0 Å². The Hall–Kier alpha value is -2.25. The lowest BCUT2D eigenvalue weighted by Crippen LogP contribution is -2.65. The van der Waals surface area contributed by atoms with Gasteiger partial charge in [-0.1, -0.05) is 6.58 Å². The largest absolute Gasteiger partial charge is 0.447 e. The molecule has 3 rings (SSSR count). The standard InChI is InChI=1S/C27H46N4O4/c1-17(2)31-19(5)15-30(27(34)35-18(3)4)24-14-22(12-13-23(24)31)20-8-10-21(11-9-20)26(33)29(7)16-25(32)28-6/h18-24H,1,8-16H2,2-7H3,(H,28,32). The highest BCUT2D eigenvalue weighted by atomic mass is 16.6. The quantitative estimate of drug-likeness (QED) is 0.615. The minimum absolute atomic E-state index is 0.00389. The van der Waals surface area contributed by atoms with E-state index < -0.39 is 0 Å². The van der Waals surface area contributed by atoms with Crippen molar-refractivity contribution in [2.75, 3.05) is 27.2 Å². The summed E-state index contributed by atoms with van der Waals surface area (Å²) in [4.78, 5) is 43.5. The van der Waals surface area contributed by atoms with Gasteiger partial charge >= 0.3 is 6.09 Å². The molecule has 0 spiro atoms. The normalized spacial score (nSPS) is 30.9. The van der Waals surface area contributed by atoms with E-state index in [1.165, 1.54) is 0 Å². The van der Waals surface area contributed by atoms with Crippen molar-refractivity contribution in [3.05, 3.63) is 12.3 Å². The lowest BCUT2D eigenvalue weighted by atomic mass is 9.68. The van der Waals surface area contributed by atoms with E-state index in [4.69, 9.17) is 4.74 Å². The third kappa shape index (κ3) is 6.31. The van der Waals surface area contributed by atoms with Gasteiger partial charge in [-0.2, -0.15) is 0 Å². The summed E-state index contributed by atoms with van der Waals surface area (Å²) in [7, 11) is 3.31. The van der Waals surface area contributed by atoms with Gasteiger partial charge in [0.25, 0.3) is 0 Å². The summed E-state index contributed by atoms with van der Waals surface area (Å²) in [6.07, 6.45) is 6.65. The highest BCUT2D eigenvalue weighted by Gasteiger charge is 2.47. The molecule has 0 aromatic rings. The number of fused-ring (bicyclic) bond motifs is 1. The van der Waals surface area contributed by atoms with Crippen molar-refractivity contribution < 1.29 is 19.1 Å². The van der Waals surface area contributed by atoms with Gasteiger partial charge in [0.2, 0.25) is 11.8 Å². The molecule has 3 aliphatic rings.